The van der Waals surface area contributed by atoms with Crippen LogP contribution < -0.4 is 15.4 Å². The molecule has 1 fully saturated rings. The first kappa shape index (κ1) is 16.3. The second-order valence-electron chi connectivity index (χ2n) is 5.92. The van der Waals surface area contributed by atoms with E-state index in [1.54, 1.807) is 7.11 Å². The van der Waals surface area contributed by atoms with Crippen LogP contribution in [0.25, 0.3) is 0 Å². The van der Waals surface area contributed by atoms with Crippen LogP contribution in [-0.2, 0) is 9.59 Å². The number of methoxy groups -OCH3 is 1. The summed E-state index contributed by atoms with van der Waals surface area (Å²) in [6.45, 7) is 3.50. The first-order valence-electron chi connectivity index (χ1n) is 7.70. The van der Waals surface area contributed by atoms with Crippen molar-refractivity contribution in [1.29, 1.82) is 0 Å². The molecule has 1 saturated carbocycles. The molecule has 1 aliphatic carbocycles. The van der Waals surface area contributed by atoms with Gasteiger partial charge in [-0.2, -0.15) is 0 Å². The molecule has 2 amide bonds. The molecule has 0 aliphatic heterocycles. The van der Waals surface area contributed by atoms with Gasteiger partial charge in [0.2, 0.25) is 11.8 Å². The molecule has 2 rings (SSSR count). The Morgan fingerprint density at radius 1 is 1.23 bits per heavy atom. The van der Waals surface area contributed by atoms with Gasteiger partial charge in [0.25, 0.3) is 0 Å². The van der Waals surface area contributed by atoms with Crippen molar-refractivity contribution in [3.05, 3.63) is 29.8 Å². The van der Waals surface area contributed by atoms with Crippen molar-refractivity contribution < 1.29 is 14.3 Å². The second kappa shape index (κ2) is 7.29. The molecule has 120 valence electrons. The highest BCUT2D eigenvalue weighted by Gasteiger charge is 2.29. The fraction of sp³-hybridized carbons (Fsp3) is 0.529. The summed E-state index contributed by atoms with van der Waals surface area (Å²) in [6.07, 6.45) is 2.62. The minimum absolute atomic E-state index is 0.0334. The van der Waals surface area contributed by atoms with E-state index < -0.39 is 0 Å². The summed E-state index contributed by atoms with van der Waals surface area (Å²) < 4.78 is 5.13. The Labute approximate surface area is 131 Å². The lowest BCUT2D eigenvalue weighted by Crippen LogP contribution is -2.37. The highest BCUT2D eigenvalue weighted by molar-refractivity contribution is 5.79. The molecule has 0 heterocycles. The molecule has 0 aromatic heterocycles. The maximum Gasteiger partial charge on any atom is 0.222 e. The highest BCUT2D eigenvalue weighted by atomic mass is 16.5. The van der Waals surface area contributed by atoms with E-state index in [4.69, 9.17) is 4.74 Å². The molecule has 0 radical (unpaired) electrons. The van der Waals surface area contributed by atoms with E-state index in [1.807, 2.05) is 31.2 Å². The fourth-order valence-electron chi connectivity index (χ4n) is 2.55. The molecule has 0 bridgehead atoms. The number of amides is 2. The smallest absolute Gasteiger partial charge is 0.222 e. The molecule has 1 aromatic rings. The van der Waals surface area contributed by atoms with Gasteiger partial charge in [-0.1, -0.05) is 12.1 Å². The largest absolute Gasteiger partial charge is 0.497 e. The Hall–Kier alpha value is -2.04. The molecule has 2 atom stereocenters. The number of carbonyl (C=O) groups excluding carboxylic acids is 2. The summed E-state index contributed by atoms with van der Waals surface area (Å²) in [5.74, 6) is 1.18. The van der Waals surface area contributed by atoms with Crippen molar-refractivity contribution in [1.82, 2.24) is 10.6 Å². The number of nitrogens with one attached hydrogen (secondary N) is 2. The van der Waals surface area contributed by atoms with Gasteiger partial charge in [-0.3, -0.25) is 9.59 Å². The lowest BCUT2D eigenvalue weighted by molar-refractivity contribution is -0.123. The lowest BCUT2D eigenvalue weighted by atomic mass is 10.0. The molecule has 2 unspecified atom stereocenters. The number of benzene rings is 1. The van der Waals surface area contributed by atoms with E-state index in [2.05, 4.69) is 10.6 Å². The quantitative estimate of drug-likeness (QED) is 0.811. The van der Waals surface area contributed by atoms with Crippen LogP contribution in [0.15, 0.2) is 24.3 Å². The standard InChI is InChI=1S/C17H24N2O3/c1-11(13-4-5-13)18-17(21)10-16(19-12(2)20)14-6-8-15(22-3)9-7-14/h6-9,11,13,16H,4-5,10H2,1-3H3,(H,18,21)(H,19,20). The molecular weight excluding hydrogens is 280 g/mol. The van der Waals surface area contributed by atoms with E-state index in [1.165, 1.54) is 19.8 Å². The van der Waals surface area contributed by atoms with Gasteiger partial charge in [0.1, 0.15) is 5.75 Å². The molecule has 2 N–H and O–H groups in total. The van der Waals surface area contributed by atoms with Gasteiger partial charge < -0.3 is 15.4 Å². The van der Waals surface area contributed by atoms with Crippen LogP contribution in [0.4, 0.5) is 0 Å². The SMILES string of the molecule is COc1ccc(C(CC(=O)NC(C)C2CC2)NC(C)=O)cc1. The molecule has 1 aliphatic rings. The molecule has 1 aromatic carbocycles. The van der Waals surface area contributed by atoms with E-state index in [-0.39, 0.29) is 30.3 Å². The third kappa shape index (κ3) is 4.76. The van der Waals surface area contributed by atoms with Crippen molar-refractivity contribution >= 4 is 11.8 Å². The van der Waals surface area contributed by atoms with Gasteiger partial charge >= 0.3 is 0 Å². The van der Waals surface area contributed by atoms with Crippen molar-refractivity contribution in [2.75, 3.05) is 7.11 Å². The Kier molecular flexibility index (Phi) is 5.41. The Morgan fingerprint density at radius 3 is 2.36 bits per heavy atom. The monoisotopic (exact) mass is 304 g/mol. The van der Waals surface area contributed by atoms with Gasteiger partial charge in [0, 0.05) is 13.0 Å². The van der Waals surface area contributed by atoms with Crippen molar-refractivity contribution in [3.8, 4) is 5.75 Å². The van der Waals surface area contributed by atoms with Crippen molar-refractivity contribution in [3.63, 3.8) is 0 Å². The summed E-state index contributed by atoms with van der Waals surface area (Å²) >= 11 is 0. The van der Waals surface area contributed by atoms with E-state index in [9.17, 15) is 9.59 Å². The summed E-state index contributed by atoms with van der Waals surface area (Å²) in [4.78, 5) is 23.6. The van der Waals surface area contributed by atoms with Gasteiger partial charge in [0.15, 0.2) is 0 Å². The Balaban J connectivity index is 2.00. The van der Waals surface area contributed by atoms with Crippen LogP contribution in [0.3, 0.4) is 0 Å². The van der Waals surface area contributed by atoms with E-state index in [0.717, 1.165) is 11.3 Å². The van der Waals surface area contributed by atoms with Gasteiger partial charge in [-0.05, 0) is 43.4 Å². The zero-order valence-corrected chi connectivity index (χ0v) is 13.4. The number of ether oxygens (including phenoxy) is 1. The lowest BCUT2D eigenvalue weighted by Gasteiger charge is -2.20. The summed E-state index contributed by atoms with van der Waals surface area (Å²) in [5, 5.41) is 5.86. The molecular formula is C17H24N2O3. The molecule has 0 saturated heterocycles. The second-order valence-corrected chi connectivity index (χ2v) is 5.92. The van der Waals surface area contributed by atoms with Gasteiger partial charge in [0.05, 0.1) is 19.6 Å². The maximum atomic E-state index is 12.2. The summed E-state index contributed by atoms with van der Waals surface area (Å²) in [5.41, 5.74) is 0.894. The first-order chi connectivity index (χ1) is 10.5. The molecule has 0 spiro atoms. The van der Waals surface area contributed by atoms with Crippen LogP contribution >= 0.6 is 0 Å². The van der Waals surface area contributed by atoms with Gasteiger partial charge in [-0.15, -0.1) is 0 Å². The van der Waals surface area contributed by atoms with E-state index in [0.29, 0.717) is 5.92 Å². The zero-order valence-electron chi connectivity index (χ0n) is 13.4. The van der Waals surface area contributed by atoms with Crippen LogP contribution in [-0.4, -0.2) is 25.0 Å². The third-order valence-electron chi connectivity index (χ3n) is 4.00. The minimum Gasteiger partial charge on any atom is -0.497 e. The summed E-state index contributed by atoms with van der Waals surface area (Å²) in [6, 6.07) is 7.29. The average Bonchev–Trinajstić information content (AvgIpc) is 3.30. The Bertz CT molecular complexity index is 523. The predicted molar refractivity (Wildman–Crippen MR) is 84.5 cm³/mol. The number of hydrogen-bond donors (Lipinski definition) is 2. The van der Waals surface area contributed by atoms with E-state index >= 15 is 0 Å². The maximum absolute atomic E-state index is 12.2. The number of rotatable bonds is 7. The predicted octanol–water partition coefficient (Wildman–Crippen LogP) is 2.18. The normalized spacial score (nSPS) is 16.5. The summed E-state index contributed by atoms with van der Waals surface area (Å²) in [7, 11) is 1.60. The van der Waals surface area contributed by atoms with Crippen LogP contribution in [0, 0.1) is 5.92 Å². The topological polar surface area (TPSA) is 67.4 Å². The molecule has 22 heavy (non-hydrogen) atoms. The zero-order chi connectivity index (χ0) is 16.1. The highest BCUT2D eigenvalue weighted by Crippen LogP contribution is 2.32. The van der Waals surface area contributed by atoms with Crippen LogP contribution in [0.5, 0.6) is 5.75 Å². The van der Waals surface area contributed by atoms with Crippen LogP contribution in [0.1, 0.15) is 44.7 Å². The number of hydrogen-bond acceptors (Lipinski definition) is 3. The fourth-order valence-corrected chi connectivity index (χ4v) is 2.55. The third-order valence-corrected chi connectivity index (χ3v) is 4.00. The molecule has 5 nitrogen and oxygen atoms in total. The molecule has 5 heteroatoms. The number of carbonyl (C=O) groups is 2. The van der Waals surface area contributed by atoms with Gasteiger partial charge in [-0.25, -0.2) is 0 Å². The van der Waals surface area contributed by atoms with Crippen molar-refractivity contribution in [2.45, 2.75) is 45.2 Å². The Morgan fingerprint density at radius 2 is 1.86 bits per heavy atom. The minimum atomic E-state index is -0.324. The van der Waals surface area contributed by atoms with Crippen molar-refractivity contribution in [2.24, 2.45) is 5.92 Å². The average molecular weight is 304 g/mol. The first-order valence-corrected chi connectivity index (χ1v) is 7.70. The van der Waals surface area contributed by atoms with Crippen LogP contribution in [0.2, 0.25) is 0 Å².